The largest absolute Gasteiger partial charge is 0.469 e. The summed E-state index contributed by atoms with van der Waals surface area (Å²) in [5.74, 6) is 1.67. The Bertz CT molecular complexity index is 427. The van der Waals surface area contributed by atoms with Crippen molar-refractivity contribution in [1.82, 2.24) is 4.90 Å². The first-order valence-corrected chi connectivity index (χ1v) is 7.23. The molecule has 1 aliphatic heterocycles. The number of carbonyl (C=O) groups excluding carboxylic acids is 1. The molecule has 4 heteroatoms. The molecule has 4 nitrogen and oxygen atoms in total. The first kappa shape index (κ1) is 12.7. The third-order valence-corrected chi connectivity index (χ3v) is 4.11. The van der Waals surface area contributed by atoms with Gasteiger partial charge in [-0.3, -0.25) is 4.79 Å². The number of rotatable bonds is 4. The number of carbonyl (C=O) groups is 1. The molecule has 0 bridgehead atoms. The van der Waals surface area contributed by atoms with Crippen LogP contribution in [0.15, 0.2) is 22.8 Å². The Balaban J connectivity index is 1.56. The smallest absolute Gasteiger partial charge is 0.226 e. The predicted molar refractivity (Wildman–Crippen MR) is 70.8 cm³/mol. The summed E-state index contributed by atoms with van der Waals surface area (Å²) in [6.07, 6.45) is 4.96. The lowest BCUT2D eigenvalue weighted by molar-refractivity contribution is -0.136. The minimum atomic E-state index is 0.131. The summed E-state index contributed by atoms with van der Waals surface area (Å²) in [6.45, 7) is 4.37. The topological polar surface area (TPSA) is 42.7 Å². The Morgan fingerprint density at radius 3 is 3.21 bits per heavy atom. The van der Waals surface area contributed by atoms with Gasteiger partial charge >= 0.3 is 0 Å². The maximum absolute atomic E-state index is 12.4. The number of ether oxygens (including phenoxy) is 1. The molecule has 3 unspecified atom stereocenters. The van der Waals surface area contributed by atoms with Crippen molar-refractivity contribution in [2.45, 2.75) is 38.2 Å². The molecule has 1 saturated heterocycles. The molecule has 1 amide bonds. The van der Waals surface area contributed by atoms with Crippen LogP contribution in [-0.4, -0.2) is 36.6 Å². The van der Waals surface area contributed by atoms with E-state index in [1.807, 2.05) is 24.0 Å². The lowest BCUT2D eigenvalue weighted by Crippen LogP contribution is -2.44. The summed E-state index contributed by atoms with van der Waals surface area (Å²) in [6, 6.07) is 3.86. The summed E-state index contributed by atoms with van der Waals surface area (Å²) in [5, 5.41) is 0. The van der Waals surface area contributed by atoms with E-state index in [9.17, 15) is 4.79 Å². The van der Waals surface area contributed by atoms with Gasteiger partial charge in [0.15, 0.2) is 0 Å². The highest BCUT2D eigenvalue weighted by Crippen LogP contribution is 2.48. The quantitative estimate of drug-likeness (QED) is 0.837. The Morgan fingerprint density at radius 2 is 2.47 bits per heavy atom. The normalized spacial score (nSPS) is 30.4. The number of furan rings is 1. The molecule has 0 radical (unpaired) electrons. The first-order chi connectivity index (χ1) is 9.29. The van der Waals surface area contributed by atoms with Crippen molar-refractivity contribution < 1.29 is 13.9 Å². The van der Waals surface area contributed by atoms with Crippen LogP contribution in [0.25, 0.3) is 0 Å². The molecule has 3 rings (SSSR count). The molecule has 0 spiro atoms. The molecule has 1 aromatic heterocycles. The van der Waals surface area contributed by atoms with Crippen LogP contribution in [0.1, 0.15) is 37.9 Å². The maximum Gasteiger partial charge on any atom is 0.226 e. The van der Waals surface area contributed by atoms with E-state index in [4.69, 9.17) is 9.15 Å². The Kier molecular flexibility index (Phi) is 3.60. The zero-order valence-corrected chi connectivity index (χ0v) is 11.4. The van der Waals surface area contributed by atoms with E-state index in [-0.39, 0.29) is 17.9 Å². The number of likely N-dealkylation sites (tertiary alicyclic amines) is 1. The van der Waals surface area contributed by atoms with Crippen LogP contribution in [-0.2, 0) is 9.53 Å². The van der Waals surface area contributed by atoms with Gasteiger partial charge in [-0.05, 0) is 38.3 Å². The van der Waals surface area contributed by atoms with Crippen LogP contribution in [0.3, 0.4) is 0 Å². The molecule has 1 aliphatic carbocycles. The standard InChI is InChI=1S/C15H21NO3/c1-2-18-11-5-3-7-16(10-11)15(17)13-9-12(13)14-6-4-8-19-14/h4,6,8,11-13H,2-3,5,7,9-10H2,1H3. The van der Waals surface area contributed by atoms with E-state index in [1.54, 1.807) is 6.26 Å². The molecule has 19 heavy (non-hydrogen) atoms. The van der Waals surface area contributed by atoms with Gasteiger partial charge in [0.2, 0.25) is 5.91 Å². The SMILES string of the molecule is CCOC1CCCN(C(=O)C2CC2c2ccco2)C1. The van der Waals surface area contributed by atoms with Gasteiger partial charge in [-0.2, -0.15) is 0 Å². The van der Waals surface area contributed by atoms with Crippen LogP contribution < -0.4 is 0 Å². The van der Waals surface area contributed by atoms with Gasteiger partial charge in [-0.1, -0.05) is 0 Å². The minimum absolute atomic E-state index is 0.131. The predicted octanol–water partition coefficient (Wildman–Crippen LogP) is 2.41. The van der Waals surface area contributed by atoms with Crippen molar-refractivity contribution >= 4 is 5.91 Å². The van der Waals surface area contributed by atoms with Gasteiger partial charge in [0.1, 0.15) is 5.76 Å². The van der Waals surface area contributed by atoms with Gasteiger partial charge in [0.05, 0.1) is 12.4 Å². The molecular weight excluding hydrogens is 242 g/mol. The number of hydrogen-bond acceptors (Lipinski definition) is 3. The van der Waals surface area contributed by atoms with E-state index in [0.29, 0.717) is 5.92 Å². The summed E-state index contributed by atoms with van der Waals surface area (Å²) in [7, 11) is 0. The van der Waals surface area contributed by atoms with Gasteiger partial charge in [-0.25, -0.2) is 0 Å². The fourth-order valence-corrected chi connectivity index (χ4v) is 3.03. The number of nitrogens with zero attached hydrogens (tertiary/aromatic N) is 1. The fourth-order valence-electron chi connectivity index (χ4n) is 3.03. The molecule has 3 atom stereocenters. The Labute approximate surface area is 113 Å². The number of hydrogen-bond donors (Lipinski definition) is 0. The average molecular weight is 263 g/mol. The second kappa shape index (κ2) is 5.37. The van der Waals surface area contributed by atoms with Crippen molar-refractivity contribution in [3.8, 4) is 0 Å². The lowest BCUT2D eigenvalue weighted by atomic mass is 10.1. The first-order valence-electron chi connectivity index (χ1n) is 7.23. The van der Waals surface area contributed by atoms with E-state index >= 15 is 0 Å². The zero-order chi connectivity index (χ0) is 13.2. The molecule has 0 N–H and O–H groups in total. The Hall–Kier alpha value is -1.29. The van der Waals surface area contributed by atoms with E-state index in [2.05, 4.69) is 0 Å². The number of piperidine rings is 1. The summed E-state index contributed by atoms with van der Waals surface area (Å²) in [5.41, 5.74) is 0. The molecule has 104 valence electrons. The van der Waals surface area contributed by atoms with Crippen molar-refractivity contribution in [1.29, 1.82) is 0 Å². The Morgan fingerprint density at radius 1 is 1.58 bits per heavy atom. The highest BCUT2D eigenvalue weighted by molar-refractivity contribution is 5.83. The molecule has 0 aromatic carbocycles. The second-order valence-corrected chi connectivity index (χ2v) is 5.47. The third-order valence-electron chi connectivity index (χ3n) is 4.11. The second-order valence-electron chi connectivity index (χ2n) is 5.47. The summed E-state index contributed by atoms with van der Waals surface area (Å²) >= 11 is 0. The van der Waals surface area contributed by atoms with Crippen LogP contribution in [0.2, 0.25) is 0 Å². The zero-order valence-electron chi connectivity index (χ0n) is 11.4. The molecule has 2 aliphatic rings. The van der Waals surface area contributed by atoms with E-state index in [0.717, 1.165) is 44.7 Å². The summed E-state index contributed by atoms with van der Waals surface area (Å²) < 4.78 is 11.0. The van der Waals surface area contributed by atoms with Gasteiger partial charge in [0, 0.05) is 31.5 Å². The van der Waals surface area contributed by atoms with Gasteiger partial charge in [-0.15, -0.1) is 0 Å². The van der Waals surface area contributed by atoms with Crippen LogP contribution in [0.5, 0.6) is 0 Å². The average Bonchev–Trinajstić information content (AvgIpc) is 3.04. The highest BCUT2D eigenvalue weighted by atomic mass is 16.5. The fraction of sp³-hybridized carbons (Fsp3) is 0.667. The van der Waals surface area contributed by atoms with Crippen molar-refractivity contribution in [3.05, 3.63) is 24.2 Å². The maximum atomic E-state index is 12.4. The van der Waals surface area contributed by atoms with Crippen LogP contribution in [0, 0.1) is 5.92 Å². The molecule has 2 fully saturated rings. The minimum Gasteiger partial charge on any atom is -0.469 e. The summed E-state index contributed by atoms with van der Waals surface area (Å²) in [4.78, 5) is 14.4. The highest BCUT2D eigenvalue weighted by Gasteiger charge is 2.47. The van der Waals surface area contributed by atoms with Gasteiger partial charge in [0.25, 0.3) is 0 Å². The molecular formula is C15H21NO3. The van der Waals surface area contributed by atoms with Crippen molar-refractivity contribution in [2.24, 2.45) is 5.92 Å². The lowest BCUT2D eigenvalue weighted by Gasteiger charge is -2.32. The molecule has 1 aromatic rings. The van der Waals surface area contributed by atoms with Crippen molar-refractivity contribution in [3.63, 3.8) is 0 Å². The number of amides is 1. The third kappa shape index (κ3) is 2.68. The monoisotopic (exact) mass is 263 g/mol. The molecule has 1 saturated carbocycles. The van der Waals surface area contributed by atoms with E-state index in [1.165, 1.54) is 0 Å². The van der Waals surface area contributed by atoms with Crippen LogP contribution >= 0.6 is 0 Å². The van der Waals surface area contributed by atoms with Crippen LogP contribution in [0.4, 0.5) is 0 Å². The van der Waals surface area contributed by atoms with Gasteiger partial charge < -0.3 is 14.1 Å². The van der Waals surface area contributed by atoms with Crippen molar-refractivity contribution in [2.75, 3.05) is 19.7 Å². The van der Waals surface area contributed by atoms with E-state index < -0.39 is 0 Å². The molecule has 2 heterocycles.